The molecule has 0 aliphatic carbocycles. The molecule has 0 aliphatic rings. The number of rotatable bonds is 3. The Hall–Kier alpha value is -3.67. The molecule has 25 heavy (non-hydrogen) atoms. The zero-order valence-corrected chi connectivity index (χ0v) is 13.1. The molecule has 3 N–H and O–H groups in total. The Morgan fingerprint density at radius 1 is 1.00 bits per heavy atom. The molecule has 0 spiro atoms. The van der Waals surface area contributed by atoms with Crippen LogP contribution in [0.5, 0.6) is 5.75 Å². The van der Waals surface area contributed by atoms with Crippen molar-refractivity contribution in [3.8, 4) is 28.3 Å². The van der Waals surface area contributed by atoms with E-state index in [1.807, 2.05) is 28.8 Å². The van der Waals surface area contributed by atoms with Crippen molar-refractivity contribution >= 4 is 11.6 Å². The molecule has 0 saturated carbocycles. The first-order valence-corrected chi connectivity index (χ1v) is 7.64. The molecule has 0 saturated heterocycles. The maximum atomic E-state index is 11.4. The zero-order chi connectivity index (χ0) is 17.4. The summed E-state index contributed by atoms with van der Waals surface area (Å²) in [5, 5.41) is 9.46. The van der Waals surface area contributed by atoms with Crippen molar-refractivity contribution in [1.82, 2.24) is 14.4 Å². The Morgan fingerprint density at radius 3 is 2.56 bits per heavy atom. The number of phenols is 1. The number of primary amides is 1. The highest BCUT2D eigenvalue weighted by Gasteiger charge is 2.10. The molecule has 0 aliphatic heterocycles. The van der Waals surface area contributed by atoms with Crippen molar-refractivity contribution < 1.29 is 9.90 Å². The van der Waals surface area contributed by atoms with E-state index in [1.165, 1.54) is 0 Å². The van der Waals surface area contributed by atoms with E-state index in [0.717, 1.165) is 16.8 Å². The smallest absolute Gasteiger partial charge is 0.248 e. The molecule has 4 aromatic rings. The number of carbonyl (C=O) groups excluding carboxylic acids is 1. The van der Waals surface area contributed by atoms with Crippen LogP contribution in [0.15, 0.2) is 67.1 Å². The first-order chi connectivity index (χ1) is 12.1. The third-order valence-corrected chi connectivity index (χ3v) is 4.00. The Morgan fingerprint density at radius 2 is 1.80 bits per heavy atom. The molecular formula is C19H14N4O2. The van der Waals surface area contributed by atoms with Gasteiger partial charge in [0.15, 0.2) is 5.65 Å². The molecule has 2 aromatic carbocycles. The predicted octanol–water partition coefficient (Wildman–Crippen LogP) is 2.87. The molecule has 122 valence electrons. The van der Waals surface area contributed by atoms with Crippen molar-refractivity contribution in [3.05, 3.63) is 72.7 Å². The van der Waals surface area contributed by atoms with Gasteiger partial charge in [0.1, 0.15) is 5.75 Å². The summed E-state index contributed by atoms with van der Waals surface area (Å²) >= 11 is 0. The highest BCUT2D eigenvalue weighted by molar-refractivity contribution is 5.94. The quantitative estimate of drug-likeness (QED) is 0.604. The van der Waals surface area contributed by atoms with Crippen LogP contribution in [-0.4, -0.2) is 25.4 Å². The monoisotopic (exact) mass is 330 g/mol. The number of fused-ring (bicyclic) bond motifs is 1. The number of amides is 1. The lowest BCUT2D eigenvalue weighted by molar-refractivity contribution is 0.100. The van der Waals surface area contributed by atoms with Gasteiger partial charge in [-0.2, -0.15) is 0 Å². The summed E-state index contributed by atoms with van der Waals surface area (Å²) in [6.45, 7) is 0. The summed E-state index contributed by atoms with van der Waals surface area (Å²) in [7, 11) is 0. The number of aromatic hydroxyl groups is 1. The summed E-state index contributed by atoms with van der Waals surface area (Å²) < 4.78 is 1.92. The number of benzene rings is 2. The van der Waals surface area contributed by atoms with Gasteiger partial charge in [0, 0.05) is 22.9 Å². The number of imidazole rings is 1. The number of aromatic nitrogens is 3. The molecule has 6 nitrogen and oxygen atoms in total. The molecule has 4 rings (SSSR count). The molecule has 0 unspecified atom stereocenters. The van der Waals surface area contributed by atoms with E-state index in [9.17, 15) is 9.90 Å². The molecule has 6 heteroatoms. The normalized spacial score (nSPS) is 10.9. The highest BCUT2D eigenvalue weighted by Crippen LogP contribution is 2.25. The molecule has 0 radical (unpaired) electrons. The highest BCUT2D eigenvalue weighted by atomic mass is 16.3. The molecule has 2 aromatic heterocycles. The predicted molar refractivity (Wildman–Crippen MR) is 94.0 cm³/mol. The van der Waals surface area contributed by atoms with Gasteiger partial charge in [0.25, 0.3) is 0 Å². The van der Waals surface area contributed by atoms with Gasteiger partial charge in [-0.1, -0.05) is 12.1 Å². The standard InChI is InChI=1S/C19H14N4O2/c20-19(25)14-3-1-2-13(8-14)16-11-23-17(9-22-18(23)10-21-16)12-4-6-15(24)7-5-12/h1-11,24H,(H2,20,25). The second-order valence-electron chi connectivity index (χ2n) is 5.64. The minimum atomic E-state index is -0.477. The Labute approximate surface area is 143 Å². The van der Waals surface area contributed by atoms with E-state index >= 15 is 0 Å². The third-order valence-electron chi connectivity index (χ3n) is 4.00. The summed E-state index contributed by atoms with van der Waals surface area (Å²) in [5.74, 6) is -0.265. The molecule has 1 amide bonds. The van der Waals surface area contributed by atoms with Crippen molar-refractivity contribution in [1.29, 1.82) is 0 Å². The lowest BCUT2D eigenvalue weighted by Gasteiger charge is -2.06. The van der Waals surface area contributed by atoms with Crippen LogP contribution in [0, 0.1) is 0 Å². The molecular weight excluding hydrogens is 316 g/mol. The van der Waals surface area contributed by atoms with Gasteiger partial charge in [-0.3, -0.25) is 14.2 Å². The van der Waals surface area contributed by atoms with E-state index in [-0.39, 0.29) is 5.75 Å². The average molecular weight is 330 g/mol. The Kier molecular flexibility index (Phi) is 3.43. The lowest BCUT2D eigenvalue weighted by Crippen LogP contribution is -2.10. The van der Waals surface area contributed by atoms with E-state index < -0.39 is 5.91 Å². The maximum absolute atomic E-state index is 11.4. The van der Waals surface area contributed by atoms with Crippen LogP contribution in [0.25, 0.3) is 28.2 Å². The van der Waals surface area contributed by atoms with Crippen LogP contribution in [0.3, 0.4) is 0 Å². The minimum Gasteiger partial charge on any atom is -0.508 e. The molecule has 0 bridgehead atoms. The number of hydrogen-bond acceptors (Lipinski definition) is 4. The number of hydrogen-bond donors (Lipinski definition) is 2. The number of nitrogens with zero attached hydrogens (tertiary/aromatic N) is 3. The van der Waals surface area contributed by atoms with Gasteiger partial charge in [-0.25, -0.2) is 4.98 Å². The van der Waals surface area contributed by atoms with Crippen LogP contribution in [0.2, 0.25) is 0 Å². The van der Waals surface area contributed by atoms with Crippen molar-refractivity contribution in [3.63, 3.8) is 0 Å². The molecule has 0 atom stereocenters. The van der Waals surface area contributed by atoms with Crippen molar-refractivity contribution in [2.24, 2.45) is 5.73 Å². The van der Waals surface area contributed by atoms with Crippen LogP contribution >= 0.6 is 0 Å². The van der Waals surface area contributed by atoms with Gasteiger partial charge in [0.05, 0.1) is 23.8 Å². The fraction of sp³-hybridized carbons (Fsp3) is 0. The minimum absolute atomic E-state index is 0.211. The van der Waals surface area contributed by atoms with E-state index in [2.05, 4.69) is 9.97 Å². The molecule has 0 fully saturated rings. The van der Waals surface area contributed by atoms with Crippen LogP contribution in [-0.2, 0) is 0 Å². The van der Waals surface area contributed by atoms with Crippen molar-refractivity contribution in [2.45, 2.75) is 0 Å². The first-order valence-electron chi connectivity index (χ1n) is 7.64. The number of carbonyl (C=O) groups is 1. The first kappa shape index (κ1) is 14.9. The van der Waals surface area contributed by atoms with Crippen molar-refractivity contribution in [2.75, 3.05) is 0 Å². The second-order valence-corrected chi connectivity index (χ2v) is 5.64. The summed E-state index contributed by atoms with van der Waals surface area (Å²) in [6, 6.07) is 13.9. The average Bonchev–Trinajstić information content (AvgIpc) is 3.05. The summed E-state index contributed by atoms with van der Waals surface area (Å²) in [4.78, 5) is 20.2. The van der Waals surface area contributed by atoms with Gasteiger partial charge < -0.3 is 10.8 Å². The van der Waals surface area contributed by atoms with E-state index in [1.54, 1.807) is 42.7 Å². The van der Waals surface area contributed by atoms with Crippen LogP contribution < -0.4 is 5.73 Å². The summed E-state index contributed by atoms with van der Waals surface area (Å²) in [5.41, 5.74) is 9.79. The van der Waals surface area contributed by atoms with E-state index in [4.69, 9.17) is 5.73 Å². The largest absolute Gasteiger partial charge is 0.508 e. The van der Waals surface area contributed by atoms with Crippen LogP contribution in [0.4, 0.5) is 0 Å². The SMILES string of the molecule is NC(=O)c1cccc(-c2cn3c(-c4ccc(O)cc4)cnc3cn2)c1. The maximum Gasteiger partial charge on any atom is 0.248 e. The topological polar surface area (TPSA) is 93.5 Å². The fourth-order valence-corrected chi connectivity index (χ4v) is 2.72. The number of nitrogens with two attached hydrogens (primary N) is 1. The fourth-order valence-electron chi connectivity index (χ4n) is 2.72. The number of phenolic OH excluding ortho intramolecular Hbond substituents is 1. The third kappa shape index (κ3) is 2.70. The zero-order valence-electron chi connectivity index (χ0n) is 13.1. The van der Waals surface area contributed by atoms with Gasteiger partial charge in [-0.15, -0.1) is 0 Å². The van der Waals surface area contributed by atoms with Gasteiger partial charge in [-0.05, 0) is 36.4 Å². The lowest BCUT2D eigenvalue weighted by atomic mass is 10.1. The van der Waals surface area contributed by atoms with Crippen LogP contribution in [0.1, 0.15) is 10.4 Å². The molecule has 2 heterocycles. The summed E-state index contributed by atoms with van der Waals surface area (Å²) in [6.07, 6.45) is 5.30. The van der Waals surface area contributed by atoms with Gasteiger partial charge in [0.2, 0.25) is 5.91 Å². The Balaban J connectivity index is 1.85. The second kappa shape index (κ2) is 5.76. The van der Waals surface area contributed by atoms with Gasteiger partial charge >= 0.3 is 0 Å². The Bertz CT molecular complexity index is 1080. The van der Waals surface area contributed by atoms with E-state index in [0.29, 0.717) is 16.9 Å².